The van der Waals surface area contributed by atoms with Gasteiger partial charge in [0, 0.05) is 23.9 Å². The summed E-state index contributed by atoms with van der Waals surface area (Å²) in [6.07, 6.45) is 1.05. The van der Waals surface area contributed by atoms with E-state index in [1.54, 1.807) is 18.2 Å². The molecule has 7 heteroatoms. The Morgan fingerprint density at radius 1 is 1.33 bits per heavy atom. The highest BCUT2D eigenvalue weighted by Crippen LogP contribution is 2.26. The first-order valence-electron chi connectivity index (χ1n) is 6.81. The zero-order valence-corrected chi connectivity index (χ0v) is 13.2. The van der Waals surface area contributed by atoms with Crippen molar-refractivity contribution in [2.75, 3.05) is 29.7 Å². The molecule has 0 bridgehead atoms. The van der Waals surface area contributed by atoms with E-state index in [1.807, 2.05) is 6.92 Å². The van der Waals surface area contributed by atoms with Gasteiger partial charge in [-0.15, -0.1) is 0 Å². The second kappa shape index (κ2) is 7.87. The van der Waals surface area contributed by atoms with Crippen molar-refractivity contribution in [1.82, 2.24) is 0 Å². The van der Waals surface area contributed by atoms with Crippen molar-refractivity contribution in [3.8, 4) is 5.75 Å². The molecular weight excluding hydrogens is 292 g/mol. The molecule has 1 aromatic rings. The number of nitrogen functional groups attached to an aromatic ring is 1. The molecule has 21 heavy (non-hydrogen) atoms. The summed E-state index contributed by atoms with van der Waals surface area (Å²) in [5.74, 6) is 0.430. The predicted molar refractivity (Wildman–Crippen MR) is 84.2 cm³/mol. The number of ether oxygens (including phenoxy) is 1. The minimum absolute atomic E-state index is 0.0349. The zero-order chi connectivity index (χ0) is 15.9. The van der Waals surface area contributed by atoms with Crippen LogP contribution in [0.5, 0.6) is 5.75 Å². The summed E-state index contributed by atoms with van der Waals surface area (Å²) in [5.41, 5.74) is 6.69. The molecule has 1 aromatic carbocycles. The number of carbonyl (C=O) groups is 1. The van der Waals surface area contributed by atoms with Gasteiger partial charge in [-0.1, -0.05) is 6.92 Å². The maximum Gasteiger partial charge on any atom is 0.224 e. The molecule has 0 radical (unpaired) electrons. The standard InChI is InChI=1S/C14H22N2O4S/c1-3-8-21(18,19)9-4-5-14(17)16-12-7-6-11(15)10-13(12)20-2/h6-7,10H,3-5,8-9,15H2,1-2H3,(H,16,17). The Morgan fingerprint density at radius 2 is 2.05 bits per heavy atom. The van der Waals surface area contributed by atoms with E-state index in [4.69, 9.17) is 10.5 Å². The Balaban J connectivity index is 2.51. The molecule has 1 amide bonds. The van der Waals surface area contributed by atoms with Crippen molar-refractivity contribution in [1.29, 1.82) is 0 Å². The molecule has 6 nitrogen and oxygen atoms in total. The van der Waals surface area contributed by atoms with Gasteiger partial charge in [-0.05, 0) is 25.0 Å². The van der Waals surface area contributed by atoms with Crippen LogP contribution in [-0.4, -0.2) is 32.9 Å². The van der Waals surface area contributed by atoms with E-state index >= 15 is 0 Å². The minimum atomic E-state index is -3.04. The number of benzene rings is 1. The van der Waals surface area contributed by atoms with Crippen LogP contribution in [0.25, 0.3) is 0 Å². The maximum atomic E-state index is 11.8. The molecule has 0 aromatic heterocycles. The number of anilines is 2. The number of nitrogens with two attached hydrogens (primary N) is 1. The fourth-order valence-corrected chi connectivity index (χ4v) is 3.30. The van der Waals surface area contributed by atoms with Crippen LogP contribution in [0.1, 0.15) is 26.2 Å². The average molecular weight is 314 g/mol. The van der Waals surface area contributed by atoms with E-state index < -0.39 is 9.84 Å². The van der Waals surface area contributed by atoms with Crippen LogP contribution in [0, 0.1) is 0 Å². The molecule has 0 atom stereocenters. The molecule has 0 fully saturated rings. The van der Waals surface area contributed by atoms with Crippen molar-refractivity contribution in [3.63, 3.8) is 0 Å². The summed E-state index contributed by atoms with van der Waals surface area (Å²) in [7, 11) is -1.55. The zero-order valence-electron chi connectivity index (χ0n) is 12.4. The number of nitrogens with one attached hydrogen (secondary N) is 1. The Morgan fingerprint density at radius 3 is 2.67 bits per heavy atom. The quantitative estimate of drug-likeness (QED) is 0.713. The number of hydrogen-bond acceptors (Lipinski definition) is 5. The SMILES string of the molecule is CCCS(=O)(=O)CCCC(=O)Nc1ccc(N)cc1OC. The molecule has 0 saturated carbocycles. The van der Waals surface area contributed by atoms with E-state index in [2.05, 4.69) is 5.32 Å². The lowest BCUT2D eigenvalue weighted by Crippen LogP contribution is -2.16. The van der Waals surface area contributed by atoms with Crippen LogP contribution in [0.2, 0.25) is 0 Å². The van der Waals surface area contributed by atoms with Crippen molar-refractivity contribution in [2.45, 2.75) is 26.2 Å². The molecule has 0 spiro atoms. The first-order chi connectivity index (χ1) is 9.88. The largest absolute Gasteiger partial charge is 0.494 e. The molecule has 0 heterocycles. The van der Waals surface area contributed by atoms with E-state index in [0.717, 1.165) is 0 Å². The van der Waals surface area contributed by atoms with Crippen LogP contribution >= 0.6 is 0 Å². The van der Waals surface area contributed by atoms with Crippen LogP contribution in [0.4, 0.5) is 11.4 Å². The number of sulfone groups is 1. The third kappa shape index (κ3) is 6.03. The van der Waals surface area contributed by atoms with Crippen molar-refractivity contribution >= 4 is 27.1 Å². The topological polar surface area (TPSA) is 98.5 Å². The van der Waals surface area contributed by atoms with E-state index in [1.165, 1.54) is 7.11 Å². The molecule has 0 aliphatic carbocycles. The molecule has 1 rings (SSSR count). The fraction of sp³-hybridized carbons (Fsp3) is 0.500. The summed E-state index contributed by atoms with van der Waals surface area (Å²) >= 11 is 0. The van der Waals surface area contributed by atoms with Crippen LogP contribution in [-0.2, 0) is 14.6 Å². The van der Waals surface area contributed by atoms with Crippen LogP contribution in [0.15, 0.2) is 18.2 Å². The van der Waals surface area contributed by atoms with Gasteiger partial charge < -0.3 is 15.8 Å². The van der Waals surface area contributed by atoms with Crippen molar-refractivity contribution in [3.05, 3.63) is 18.2 Å². The van der Waals surface area contributed by atoms with Gasteiger partial charge in [0.25, 0.3) is 0 Å². The molecule has 0 aliphatic rings. The first kappa shape index (κ1) is 17.3. The highest BCUT2D eigenvalue weighted by molar-refractivity contribution is 7.91. The first-order valence-corrected chi connectivity index (χ1v) is 8.64. The highest BCUT2D eigenvalue weighted by Gasteiger charge is 2.12. The van der Waals surface area contributed by atoms with E-state index in [9.17, 15) is 13.2 Å². The van der Waals surface area contributed by atoms with E-state index in [-0.39, 0.29) is 23.8 Å². The van der Waals surface area contributed by atoms with Gasteiger partial charge in [-0.2, -0.15) is 0 Å². The lowest BCUT2D eigenvalue weighted by Gasteiger charge is -2.10. The Labute approximate surface area is 125 Å². The van der Waals surface area contributed by atoms with Crippen molar-refractivity contribution in [2.24, 2.45) is 0 Å². The van der Waals surface area contributed by atoms with Crippen LogP contribution < -0.4 is 15.8 Å². The van der Waals surface area contributed by atoms with Gasteiger partial charge >= 0.3 is 0 Å². The van der Waals surface area contributed by atoms with Gasteiger partial charge in [0.1, 0.15) is 15.6 Å². The van der Waals surface area contributed by atoms with E-state index in [0.29, 0.717) is 30.0 Å². The lowest BCUT2D eigenvalue weighted by atomic mass is 10.2. The van der Waals surface area contributed by atoms with Gasteiger partial charge in [0.05, 0.1) is 18.6 Å². The number of carbonyl (C=O) groups excluding carboxylic acids is 1. The van der Waals surface area contributed by atoms with Gasteiger partial charge in [-0.3, -0.25) is 4.79 Å². The maximum absolute atomic E-state index is 11.8. The molecule has 3 N–H and O–H groups in total. The third-order valence-electron chi connectivity index (χ3n) is 2.87. The highest BCUT2D eigenvalue weighted by atomic mass is 32.2. The average Bonchev–Trinajstić information content (AvgIpc) is 2.40. The summed E-state index contributed by atoms with van der Waals surface area (Å²) in [4.78, 5) is 11.8. The molecule has 0 unspecified atom stereocenters. The Hall–Kier alpha value is -1.76. The van der Waals surface area contributed by atoms with Crippen LogP contribution in [0.3, 0.4) is 0 Å². The second-order valence-electron chi connectivity index (χ2n) is 4.76. The molecule has 118 valence electrons. The van der Waals surface area contributed by atoms with Crippen molar-refractivity contribution < 1.29 is 17.9 Å². The third-order valence-corrected chi connectivity index (χ3v) is 4.81. The Bertz CT molecular complexity index is 585. The number of hydrogen-bond donors (Lipinski definition) is 2. The summed E-state index contributed by atoms with van der Waals surface area (Å²) in [6, 6.07) is 4.92. The fourth-order valence-electron chi connectivity index (χ4n) is 1.89. The monoisotopic (exact) mass is 314 g/mol. The smallest absolute Gasteiger partial charge is 0.224 e. The number of rotatable bonds is 8. The second-order valence-corrected chi connectivity index (χ2v) is 7.07. The number of methoxy groups -OCH3 is 1. The van der Waals surface area contributed by atoms with Gasteiger partial charge in [-0.25, -0.2) is 8.42 Å². The van der Waals surface area contributed by atoms with Gasteiger partial charge in [0.15, 0.2) is 0 Å². The minimum Gasteiger partial charge on any atom is -0.494 e. The molecule has 0 aliphatic heterocycles. The Kier molecular flexibility index (Phi) is 6.48. The van der Waals surface area contributed by atoms with Gasteiger partial charge in [0.2, 0.25) is 5.91 Å². The summed E-state index contributed by atoms with van der Waals surface area (Å²) in [5, 5.41) is 2.69. The summed E-state index contributed by atoms with van der Waals surface area (Å²) in [6.45, 7) is 1.82. The lowest BCUT2D eigenvalue weighted by molar-refractivity contribution is -0.116. The molecular formula is C14H22N2O4S. The normalized spacial score (nSPS) is 11.1. The number of amides is 1. The molecule has 0 saturated heterocycles. The predicted octanol–water partition coefficient (Wildman–Crippen LogP) is 1.82. The summed E-state index contributed by atoms with van der Waals surface area (Å²) < 4.78 is 28.2.